The summed E-state index contributed by atoms with van der Waals surface area (Å²) in [6.07, 6.45) is 0. The highest BCUT2D eigenvalue weighted by molar-refractivity contribution is 7.17. The highest BCUT2D eigenvalue weighted by Gasteiger charge is 2.13. The molecule has 1 unspecified atom stereocenters. The van der Waals surface area contributed by atoms with Crippen LogP contribution < -0.4 is 11.1 Å². The molecule has 1 heterocycles. The van der Waals surface area contributed by atoms with Crippen molar-refractivity contribution in [3.63, 3.8) is 0 Å². The Bertz CT molecular complexity index is 524. The molecule has 0 aliphatic carbocycles. The summed E-state index contributed by atoms with van der Waals surface area (Å²) in [6, 6.07) is 7.17. The zero-order valence-electron chi connectivity index (χ0n) is 9.47. The van der Waals surface area contributed by atoms with Gasteiger partial charge < -0.3 is 15.8 Å². The van der Waals surface area contributed by atoms with Crippen LogP contribution in [0.4, 0.5) is 5.69 Å². The van der Waals surface area contributed by atoms with Crippen molar-refractivity contribution in [2.24, 2.45) is 5.73 Å². The Kier molecular flexibility index (Phi) is 3.73. The number of nitrogens with two attached hydrogens (primary N) is 1. The first-order valence-corrected chi connectivity index (χ1v) is 6.11. The highest BCUT2D eigenvalue weighted by Crippen LogP contribution is 2.23. The van der Waals surface area contributed by atoms with Gasteiger partial charge in [0.05, 0.1) is 6.61 Å². The van der Waals surface area contributed by atoms with Gasteiger partial charge in [0, 0.05) is 17.5 Å². The number of anilines is 1. The minimum absolute atomic E-state index is 0.215. The molecule has 1 amide bonds. The lowest BCUT2D eigenvalue weighted by molar-refractivity contribution is -0.118. The van der Waals surface area contributed by atoms with Gasteiger partial charge in [-0.3, -0.25) is 4.79 Å². The maximum atomic E-state index is 11.7. The van der Waals surface area contributed by atoms with Crippen molar-refractivity contribution in [2.45, 2.75) is 6.04 Å². The van der Waals surface area contributed by atoms with Crippen LogP contribution in [0, 0.1) is 0 Å². The maximum Gasteiger partial charge on any atom is 0.243 e. The van der Waals surface area contributed by atoms with Crippen molar-refractivity contribution < 1.29 is 9.53 Å². The standard InChI is InChI=1S/C12H14N2O2S/c1-16-7-10(13)12(15)14-9-2-3-11-8(6-9)4-5-17-11/h2-6,10H,7,13H2,1H3,(H,14,15). The summed E-state index contributed by atoms with van der Waals surface area (Å²) >= 11 is 1.67. The average molecular weight is 250 g/mol. The predicted octanol–water partition coefficient (Wildman–Crippen LogP) is 1.81. The second kappa shape index (κ2) is 5.27. The van der Waals surface area contributed by atoms with E-state index in [1.54, 1.807) is 11.3 Å². The minimum Gasteiger partial charge on any atom is -0.383 e. The Morgan fingerprint density at radius 2 is 2.35 bits per heavy atom. The molecule has 2 rings (SSSR count). The van der Waals surface area contributed by atoms with Crippen LogP contribution in [0.3, 0.4) is 0 Å². The summed E-state index contributed by atoms with van der Waals surface area (Å²) in [5, 5.41) is 5.91. The topological polar surface area (TPSA) is 64.3 Å². The number of carbonyl (C=O) groups is 1. The lowest BCUT2D eigenvalue weighted by Crippen LogP contribution is -2.39. The van der Waals surface area contributed by atoms with E-state index in [4.69, 9.17) is 10.5 Å². The van der Waals surface area contributed by atoms with E-state index in [0.29, 0.717) is 0 Å². The van der Waals surface area contributed by atoms with Gasteiger partial charge >= 0.3 is 0 Å². The van der Waals surface area contributed by atoms with Gasteiger partial charge in [-0.25, -0.2) is 0 Å². The van der Waals surface area contributed by atoms with Crippen LogP contribution in [0.5, 0.6) is 0 Å². The lowest BCUT2D eigenvalue weighted by Gasteiger charge is -2.11. The van der Waals surface area contributed by atoms with Gasteiger partial charge in [-0.1, -0.05) is 0 Å². The summed E-state index contributed by atoms with van der Waals surface area (Å²) in [6.45, 7) is 0.215. The van der Waals surface area contributed by atoms with E-state index in [-0.39, 0.29) is 12.5 Å². The van der Waals surface area contributed by atoms with E-state index in [1.165, 1.54) is 11.8 Å². The lowest BCUT2D eigenvalue weighted by atomic mass is 10.2. The maximum absolute atomic E-state index is 11.7. The van der Waals surface area contributed by atoms with E-state index in [2.05, 4.69) is 5.32 Å². The van der Waals surface area contributed by atoms with Crippen molar-refractivity contribution in [2.75, 3.05) is 19.0 Å². The van der Waals surface area contributed by atoms with E-state index < -0.39 is 6.04 Å². The van der Waals surface area contributed by atoms with E-state index in [9.17, 15) is 4.79 Å². The van der Waals surface area contributed by atoms with Crippen LogP contribution in [-0.4, -0.2) is 25.7 Å². The third-order valence-corrected chi connectivity index (χ3v) is 3.30. The van der Waals surface area contributed by atoms with Crippen LogP contribution in [0.2, 0.25) is 0 Å². The first-order valence-electron chi connectivity index (χ1n) is 5.23. The molecular formula is C12H14N2O2S. The number of thiophene rings is 1. The molecule has 2 aromatic rings. The molecule has 5 heteroatoms. The van der Waals surface area contributed by atoms with Gasteiger partial charge in [0.1, 0.15) is 6.04 Å². The normalized spacial score (nSPS) is 12.6. The van der Waals surface area contributed by atoms with E-state index in [0.717, 1.165) is 11.1 Å². The molecule has 1 aromatic heterocycles. The van der Waals surface area contributed by atoms with Crippen molar-refractivity contribution in [1.29, 1.82) is 0 Å². The number of carbonyl (C=O) groups excluding carboxylic acids is 1. The largest absolute Gasteiger partial charge is 0.383 e. The van der Waals surface area contributed by atoms with E-state index in [1.807, 2.05) is 29.6 Å². The molecule has 1 aromatic carbocycles. The third-order valence-electron chi connectivity index (χ3n) is 2.40. The second-order valence-corrected chi connectivity index (χ2v) is 4.67. The molecule has 0 fully saturated rings. The van der Waals surface area contributed by atoms with Gasteiger partial charge in [0.2, 0.25) is 5.91 Å². The van der Waals surface area contributed by atoms with Gasteiger partial charge in [0.15, 0.2) is 0 Å². The van der Waals surface area contributed by atoms with Crippen LogP contribution in [0.25, 0.3) is 10.1 Å². The zero-order chi connectivity index (χ0) is 12.3. The quantitative estimate of drug-likeness (QED) is 0.870. The molecule has 0 aliphatic rings. The number of ether oxygens (including phenoxy) is 1. The number of amides is 1. The van der Waals surface area contributed by atoms with Gasteiger partial charge in [-0.05, 0) is 35.0 Å². The summed E-state index contributed by atoms with van der Waals surface area (Å²) in [7, 11) is 1.52. The minimum atomic E-state index is -0.641. The number of fused-ring (bicyclic) bond motifs is 1. The third kappa shape index (κ3) is 2.82. The average Bonchev–Trinajstić information content (AvgIpc) is 2.76. The molecule has 3 N–H and O–H groups in total. The molecule has 4 nitrogen and oxygen atoms in total. The van der Waals surface area contributed by atoms with Crippen molar-refractivity contribution in [3.05, 3.63) is 29.6 Å². The number of hydrogen-bond donors (Lipinski definition) is 2. The van der Waals surface area contributed by atoms with Gasteiger partial charge in [-0.15, -0.1) is 11.3 Å². The Hall–Kier alpha value is -1.43. The fourth-order valence-corrected chi connectivity index (χ4v) is 2.31. The molecular weight excluding hydrogens is 236 g/mol. The van der Waals surface area contributed by atoms with E-state index >= 15 is 0 Å². The molecule has 0 radical (unpaired) electrons. The van der Waals surface area contributed by atoms with Crippen LogP contribution in [-0.2, 0) is 9.53 Å². The Balaban J connectivity index is 2.09. The smallest absolute Gasteiger partial charge is 0.243 e. The molecule has 0 saturated heterocycles. The van der Waals surface area contributed by atoms with Crippen molar-refractivity contribution >= 4 is 33.0 Å². The Morgan fingerprint density at radius 1 is 1.53 bits per heavy atom. The van der Waals surface area contributed by atoms with Gasteiger partial charge in [0.25, 0.3) is 0 Å². The molecule has 90 valence electrons. The summed E-state index contributed by atoms with van der Waals surface area (Å²) < 4.78 is 6.03. The molecule has 0 saturated carbocycles. The number of nitrogens with one attached hydrogen (secondary N) is 1. The first-order chi connectivity index (χ1) is 8.20. The summed E-state index contributed by atoms with van der Waals surface area (Å²) in [5.41, 5.74) is 6.39. The van der Waals surface area contributed by atoms with Crippen LogP contribution >= 0.6 is 11.3 Å². The van der Waals surface area contributed by atoms with Crippen LogP contribution in [0.15, 0.2) is 29.6 Å². The molecule has 0 spiro atoms. The molecule has 17 heavy (non-hydrogen) atoms. The monoisotopic (exact) mass is 250 g/mol. The predicted molar refractivity (Wildman–Crippen MR) is 70.3 cm³/mol. The SMILES string of the molecule is COCC(N)C(=O)Nc1ccc2sccc2c1. The fourth-order valence-electron chi connectivity index (χ4n) is 1.53. The molecule has 0 bridgehead atoms. The molecule has 1 atom stereocenters. The number of benzene rings is 1. The number of methoxy groups -OCH3 is 1. The fraction of sp³-hybridized carbons (Fsp3) is 0.250. The van der Waals surface area contributed by atoms with Crippen molar-refractivity contribution in [3.8, 4) is 0 Å². The summed E-state index contributed by atoms with van der Waals surface area (Å²) in [5.74, 6) is -0.235. The first kappa shape index (κ1) is 12.0. The van der Waals surface area contributed by atoms with Crippen molar-refractivity contribution in [1.82, 2.24) is 0 Å². The van der Waals surface area contributed by atoms with Crippen LogP contribution in [0.1, 0.15) is 0 Å². The number of rotatable bonds is 4. The summed E-state index contributed by atoms with van der Waals surface area (Å²) in [4.78, 5) is 11.7. The highest BCUT2D eigenvalue weighted by atomic mass is 32.1. The zero-order valence-corrected chi connectivity index (χ0v) is 10.3. The van der Waals surface area contributed by atoms with Gasteiger partial charge in [-0.2, -0.15) is 0 Å². The second-order valence-electron chi connectivity index (χ2n) is 3.72. The Labute approximate surface area is 103 Å². The number of hydrogen-bond acceptors (Lipinski definition) is 4. The Morgan fingerprint density at radius 3 is 3.12 bits per heavy atom. The molecule has 0 aliphatic heterocycles.